The van der Waals surface area contributed by atoms with Crippen LogP contribution in [0.4, 0.5) is 20.0 Å². The largest absolute Gasteiger partial charge is 0.497 e. The Bertz CT molecular complexity index is 1120. The highest BCUT2D eigenvalue weighted by Crippen LogP contribution is 2.32. The summed E-state index contributed by atoms with van der Waals surface area (Å²) in [6.45, 7) is 2.21. The van der Waals surface area contributed by atoms with Gasteiger partial charge < -0.3 is 19.7 Å². The van der Waals surface area contributed by atoms with Crippen molar-refractivity contribution >= 4 is 44.1 Å². The molecule has 1 aromatic heterocycles. The van der Waals surface area contributed by atoms with Crippen molar-refractivity contribution in [2.24, 2.45) is 5.92 Å². The molecule has 2 heterocycles. The summed E-state index contributed by atoms with van der Waals surface area (Å²) in [4.78, 5) is 14.6. The number of aromatic nitrogens is 2. The second kappa shape index (κ2) is 10.3. The first-order chi connectivity index (χ1) is 15.9. The first kappa shape index (κ1) is 23.2. The number of anilines is 2. The number of amides is 2. The van der Waals surface area contributed by atoms with Gasteiger partial charge in [-0.3, -0.25) is 5.32 Å². The second-order valence-electron chi connectivity index (χ2n) is 7.54. The van der Waals surface area contributed by atoms with Gasteiger partial charge in [0.15, 0.2) is 5.01 Å². The predicted molar refractivity (Wildman–Crippen MR) is 130 cm³/mol. The molecule has 0 spiro atoms. The molecule has 8 nitrogen and oxygen atoms in total. The summed E-state index contributed by atoms with van der Waals surface area (Å²) >= 11 is 4.43. The molecule has 3 aromatic rings. The molecule has 11 heteroatoms. The molecule has 1 fully saturated rings. The monoisotopic (exact) mass is 535 g/mol. The number of urea groups is 1. The quantitative estimate of drug-likeness (QED) is 0.453. The zero-order chi connectivity index (χ0) is 23.4. The molecule has 0 radical (unpaired) electrons. The average Bonchev–Trinajstić information content (AvgIpc) is 3.48. The number of halogens is 2. The van der Waals surface area contributed by atoms with Gasteiger partial charge in [-0.1, -0.05) is 27.3 Å². The van der Waals surface area contributed by atoms with Crippen molar-refractivity contribution in [3.05, 3.63) is 46.7 Å². The number of methoxy groups -OCH3 is 2. The van der Waals surface area contributed by atoms with E-state index >= 15 is 0 Å². The molecule has 4 rings (SSSR count). The Balaban J connectivity index is 1.30. The number of ether oxygens (including phenoxy) is 2. The van der Waals surface area contributed by atoms with Gasteiger partial charge in [0.05, 0.1) is 14.2 Å². The van der Waals surface area contributed by atoms with Crippen LogP contribution in [0.2, 0.25) is 0 Å². The minimum Gasteiger partial charge on any atom is -0.497 e. The van der Waals surface area contributed by atoms with Gasteiger partial charge in [-0.05, 0) is 30.5 Å². The molecule has 2 N–H and O–H groups in total. The van der Waals surface area contributed by atoms with Crippen molar-refractivity contribution in [3.8, 4) is 22.1 Å². The lowest BCUT2D eigenvalue weighted by atomic mass is 10.1. The summed E-state index contributed by atoms with van der Waals surface area (Å²) in [5, 5.41) is 14.2. The van der Waals surface area contributed by atoms with E-state index in [0.717, 1.165) is 52.5 Å². The van der Waals surface area contributed by atoms with Crippen LogP contribution in [-0.4, -0.2) is 50.1 Å². The van der Waals surface area contributed by atoms with Gasteiger partial charge in [-0.15, -0.1) is 10.2 Å². The van der Waals surface area contributed by atoms with Crippen molar-refractivity contribution < 1.29 is 18.7 Å². The number of nitrogens with one attached hydrogen (secondary N) is 2. The molecular formula is C22H23BrFN5O3S. The number of hydrogen-bond donors (Lipinski definition) is 2. The number of hydrogen-bond acceptors (Lipinski definition) is 7. The third-order valence-corrected chi connectivity index (χ3v) is 6.71. The number of carbonyl (C=O) groups is 1. The van der Waals surface area contributed by atoms with E-state index in [9.17, 15) is 9.18 Å². The van der Waals surface area contributed by atoms with E-state index in [1.54, 1.807) is 26.4 Å². The van der Waals surface area contributed by atoms with Crippen LogP contribution in [0.5, 0.6) is 11.5 Å². The van der Waals surface area contributed by atoms with Crippen LogP contribution < -0.4 is 25.0 Å². The van der Waals surface area contributed by atoms with Crippen LogP contribution in [-0.2, 0) is 0 Å². The summed E-state index contributed by atoms with van der Waals surface area (Å²) < 4.78 is 25.5. The Morgan fingerprint density at radius 1 is 1.21 bits per heavy atom. The Kier molecular flexibility index (Phi) is 7.29. The molecule has 2 amide bonds. The molecule has 0 saturated carbocycles. The summed E-state index contributed by atoms with van der Waals surface area (Å²) in [6.07, 6.45) is 0.949. The number of rotatable bonds is 7. The Morgan fingerprint density at radius 3 is 2.70 bits per heavy atom. The molecular weight excluding hydrogens is 513 g/mol. The van der Waals surface area contributed by atoms with Gasteiger partial charge in [0, 0.05) is 53.6 Å². The predicted octanol–water partition coefficient (Wildman–Crippen LogP) is 4.77. The lowest BCUT2D eigenvalue weighted by Gasteiger charge is -2.20. The third kappa shape index (κ3) is 5.72. The molecule has 1 aliphatic heterocycles. The molecule has 33 heavy (non-hydrogen) atoms. The fraction of sp³-hybridized carbons (Fsp3) is 0.318. The third-order valence-electron chi connectivity index (χ3n) is 5.34. The van der Waals surface area contributed by atoms with E-state index in [-0.39, 0.29) is 6.03 Å². The maximum absolute atomic E-state index is 14.1. The van der Waals surface area contributed by atoms with Crippen LogP contribution in [0.3, 0.4) is 0 Å². The molecule has 0 aliphatic carbocycles. The highest BCUT2D eigenvalue weighted by Gasteiger charge is 2.24. The van der Waals surface area contributed by atoms with Gasteiger partial charge in [0.25, 0.3) is 0 Å². The zero-order valence-electron chi connectivity index (χ0n) is 18.1. The lowest BCUT2D eigenvalue weighted by Crippen LogP contribution is -2.34. The molecule has 1 atom stereocenters. The van der Waals surface area contributed by atoms with Gasteiger partial charge in [0.1, 0.15) is 17.3 Å². The lowest BCUT2D eigenvalue weighted by molar-refractivity contribution is 0.250. The SMILES string of the molecule is COc1cc(OC)cc(N2CCC(CNC(=O)Nc3nnc(-c4cc(Br)ccc4F)s3)C2)c1. The summed E-state index contributed by atoms with van der Waals surface area (Å²) in [6, 6.07) is 10.0. The standard InChI is InChI=1S/C22H23BrFN5O3S/c1-31-16-8-15(9-17(10-16)32-2)29-6-5-13(12-29)11-25-21(30)26-22-28-27-20(33-22)18-7-14(23)3-4-19(18)24/h3-4,7-10,13H,5-6,11-12H2,1-2H3,(H2,25,26,28,30). The van der Waals surface area contributed by atoms with Crippen molar-refractivity contribution in [1.29, 1.82) is 0 Å². The van der Waals surface area contributed by atoms with E-state index < -0.39 is 5.82 Å². The van der Waals surface area contributed by atoms with E-state index in [4.69, 9.17) is 9.47 Å². The van der Waals surface area contributed by atoms with Gasteiger partial charge >= 0.3 is 6.03 Å². The summed E-state index contributed by atoms with van der Waals surface area (Å²) in [5.41, 5.74) is 1.36. The summed E-state index contributed by atoms with van der Waals surface area (Å²) in [5.74, 6) is 1.38. The molecule has 1 saturated heterocycles. The highest BCUT2D eigenvalue weighted by atomic mass is 79.9. The normalized spacial score (nSPS) is 15.4. The van der Waals surface area contributed by atoms with Crippen molar-refractivity contribution in [3.63, 3.8) is 0 Å². The van der Waals surface area contributed by atoms with E-state index in [1.807, 2.05) is 18.2 Å². The van der Waals surface area contributed by atoms with Crippen molar-refractivity contribution in [2.75, 3.05) is 44.1 Å². The topological polar surface area (TPSA) is 88.6 Å². The Labute approximate surface area is 203 Å². The van der Waals surface area contributed by atoms with Gasteiger partial charge in [-0.2, -0.15) is 0 Å². The van der Waals surface area contributed by atoms with E-state index in [0.29, 0.717) is 28.2 Å². The van der Waals surface area contributed by atoms with Crippen molar-refractivity contribution in [2.45, 2.75) is 6.42 Å². The van der Waals surface area contributed by atoms with Crippen molar-refractivity contribution in [1.82, 2.24) is 15.5 Å². The fourth-order valence-electron chi connectivity index (χ4n) is 3.63. The van der Waals surface area contributed by atoms with Gasteiger partial charge in [-0.25, -0.2) is 9.18 Å². The van der Waals surface area contributed by atoms with Crippen LogP contribution in [0, 0.1) is 11.7 Å². The van der Waals surface area contributed by atoms with Crippen LogP contribution in [0.1, 0.15) is 6.42 Å². The second-order valence-corrected chi connectivity index (χ2v) is 9.44. The number of carbonyl (C=O) groups excluding carboxylic acids is 1. The highest BCUT2D eigenvalue weighted by molar-refractivity contribution is 9.10. The average molecular weight is 536 g/mol. The molecule has 1 unspecified atom stereocenters. The first-order valence-electron chi connectivity index (χ1n) is 10.3. The molecule has 174 valence electrons. The first-order valence-corrected chi connectivity index (χ1v) is 11.9. The Morgan fingerprint density at radius 2 is 1.97 bits per heavy atom. The molecule has 0 bridgehead atoms. The number of nitrogens with zero attached hydrogens (tertiary/aromatic N) is 3. The molecule has 2 aromatic carbocycles. The zero-order valence-corrected chi connectivity index (χ0v) is 20.5. The minimum atomic E-state index is -0.398. The van der Waals surface area contributed by atoms with Crippen LogP contribution in [0.25, 0.3) is 10.6 Å². The minimum absolute atomic E-state index is 0.300. The van der Waals surface area contributed by atoms with Crippen LogP contribution in [0.15, 0.2) is 40.9 Å². The van der Waals surface area contributed by atoms with Crippen LogP contribution >= 0.6 is 27.3 Å². The smallest absolute Gasteiger partial charge is 0.321 e. The van der Waals surface area contributed by atoms with E-state index in [2.05, 4.69) is 41.7 Å². The Hall–Kier alpha value is -2.92. The maximum Gasteiger partial charge on any atom is 0.321 e. The number of benzene rings is 2. The summed E-state index contributed by atoms with van der Waals surface area (Å²) in [7, 11) is 3.26. The fourth-order valence-corrected chi connectivity index (χ4v) is 4.75. The van der Waals surface area contributed by atoms with E-state index in [1.165, 1.54) is 6.07 Å². The van der Waals surface area contributed by atoms with Gasteiger partial charge in [0.2, 0.25) is 5.13 Å². The maximum atomic E-state index is 14.1. The molecule has 1 aliphatic rings.